The third kappa shape index (κ3) is 3.99. The van der Waals surface area contributed by atoms with E-state index in [2.05, 4.69) is 26.3 Å². The first-order valence-corrected chi connectivity index (χ1v) is 5.33. The molecule has 0 amide bonds. The number of benzene rings is 1. The Labute approximate surface area is 97.6 Å². The van der Waals surface area contributed by atoms with Crippen LogP contribution in [0.2, 0.25) is 0 Å². The van der Waals surface area contributed by atoms with Gasteiger partial charge in [0, 0.05) is 17.1 Å². The summed E-state index contributed by atoms with van der Waals surface area (Å²) in [5, 5.41) is 0. The largest absolute Gasteiger partial charge is 0.383 e. The molecular weight excluding hydrogens is 258 g/mol. The van der Waals surface area contributed by atoms with E-state index in [0.717, 1.165) is 10.0 Å². The molecule has 0 heterocycles. The topological polar surface area (TPSA) is 59.6 Å². The number of ether oxygens (including phenoxy) is 1. The first-order chi connectivity index (χ1) is 7.27. The van der Waals surface area contributed by atoms with Gasteiger partial charge in [0.25, 0.3) is 0 Å². The third-order valence-corrected chi connectivity index (χ3v) is 2.35. The van der Waals surface area contributed by atoms with Gasteiger partial charge in [-0.05, 0) is 12.1 Å². The minimum atomic E-state index is 0.585. The standard InChI is InChI=1S/C10H14BrN3O/c1-15-7-6-13-10(14-12)8-2-4-9(11)5-3-8/h2-5H,6-7,12H2,1H3,(H,13,14). The van der Waals surface area contributed by atoms with Crippen molar-refractivity contribution in [2.45, 2.75) is 0 Å². The maximum atomic E-state index is 5.39. The molecule has 0 spiro atoms. The highest BCUT2D eigenvalue weighted by Gasteiger charge is 2.00. The van der Waals surface area contributed by atoms with E-state index in [4.69, 9.17) is 10.6 Å². The monoisotopic (exact) mass is 271 g/mol. The summed E-state index contributed by atoms with van der Waals surface area (Å²) in [6.07, 6.45) is 0. The van der Waals surface area contributed by atoms with Gasteiger partial charge in [-0.1, -0.05) is 28.1 Å². The number of aliphatic imine (C=N–C) groups is 1. The summed E-state index contributed by atoms with van der Waals surface area (Å²) in [5.41, 5.74) is 3.53. The van der Waals surface area contributed by atoms with Gasteiger partial charge in [0.1, 0.15) is 5.84 Å². The van der Waals surface area contributed by atoms with Gasteiger partial charge in [-0.25, -0.2) is 5.84 Å². The van der Waals surface area contributed by atoms with Crippen LogP contribution in [0.5, 0.6) is 0 Å². The van der Waals surface area contributed by atoms with Crippen LogP contribution in [0.4, 0.5) is 0 Å². The molecule has 1 aromatic rings. The summed E-state index contributed by atoms with van der Waals surface area (Å²) >= 11 is 3.37. The predicted octanol–water partition coefficient (Wildman–Crippen LogP) is 1.31. The van der Waals surface area contributed by atoms with Gasteiger partial charge in [-0.3, -0.25) is 4.99 Å². The average molecular weight is 272 g/mol. The summed E-state index contributed by atoms with van der Waals surface area (Å²) in [5.74, 6) is 6.06. The number of methoxy groups -OCH3 is 1. The van der Waals surface area contributed by atoms with Gasteiger partial charge in [-0.2, -0.15) is 0 Å². The zero-order chi connectivity index (χ0) is 11.1. The molecule has 0 saturated carbocycles. The smallest absolute Gasteiger partial charge is 0.142 e. The number of hydrogen-bond acceptors (Lipinski definition) is 3. The molecule has 0 aliphatic carbocycles. The number of hydrogen-bond donors (Lipinski definition) is 2. The van der Waals surface area contributed by atoms with Crippen molar-refractivity contribution in [2.75, 3.05) is 20.3 Å². The Kier molecular flexibility index (Phi) is 5.31. The summed E-state index contributed by atoms with van der Waals surface area (Å²) in [7, 11) is 1.64. The van der Waals surface area contributed by atoms with Gasteiger partial charge in [0.15, 0.2) is 0 Å². The van der Waals surface area contributed by atoms with E-state index in [9.17, 15) is 0 Å². The lowest BCUT2D eigenvalue weighted by Gasteiger charge is -2.05. The van der Waals surface area contributed by atoms with Gasteiger partial charge in [0.2, 0.25) is 0 Å². The van der Waals surface area contributed by atoms with E-state index in [1.54, 1.807) is 7.11 Å². The quantitative estimate of drug-likeness (QED) is 0.285. The van der Waals surface area contributed by atoms with Crippen molar-refractivity contribution in [3.63, 3.8) is 0 Å². The fraction of sp³-hybridized carbons (Fsp3) is 0.300. The van der Waals surface area contributed by atoms with Crippen LogP contribution in [0.25, 0.3) is 0 Å². The lowest BCUT2D eigenvalue weighted by Crippen LogP contribution is -2.31. The van der Waals surface area contributed by atoms with Crippen molar-refractivity contribution in [3.05, 3.63) is 34.3 Å². The second kappa shape index (κ2) is 6.55. The molecule has 0 radical (unpaired) electrons. The van der Waals surface area contributed by atoms with Crippen molar-refractivity contribution in [2.24, 2.45) is 10.8 Å². The number of halogens is 1. The molecule has 0 aliphatic rings. The van der Waals surface area contributed by atoms with Crippen molar-refractivity contribution < 1.29 is 4.74 Å². The summed E-state index contributed by atoms with van der Waals surface area (Å²) < 4.78 is 5.94. The zero-order valence-electron chi connectivity index (χ0n) is 8.53. The van der Waals surface area contributed by atoms with Crippen LogP contribution >= 0.6 is 15.9 Å². The van der Waals surface area contributed by atoms with E-state index in [0.29, 0.717) is 19.0 Å². The molecule has 5 heteroatoms. The first-order valence-electron chi connectivity index (χ1n) is 4.54. The molecule has 0 fully saturated rings. The normalized spacial score (nSPS) is 11.5. The highest BCUT2D eigenvalue weighted by molar-refractivity contribution is 9.10. The van der Waals surface area contributed by atoms with Crippen LogP contribution in [-0.4, -0.2) is 26.1 Å². The van der Waals surface area contributed by atoms with Gasteiger partial charge < -0.3 is 10.2 Å². The Hall–Kier alpha value is -0.910. The van der Waals surface area contributed by atoms with E-state index >= 15 is 0 Å². The fourth-order valence-electron chi connectivity index (χ4n) is 1.08. The molecule has 82 valence electrons. The molecule has 0 atom stereocenters. The number of amidine groups is 1. The predicted molar refractivity (Wildman–Crippen MR) is 64.7 cm³/mol. The molecule has 15 heavy (non-hydrogen) atoms. The third-order valence-electron chi connectivity index (χ3n) is 1.82. The first kappa shape index (κ1) is 12.2. The zero-order valence-corrected chi connectivity index (χ0v) is 10.1. The Balaban J connectivity index is 2.73. The number of nitrogens with one attached hydrogen (secondary N) is 1. The molecule has 1 rings (SSSR count). The Morgan fingerprint density at radius 2 is 2.13 bits per heavy atom. The number of rotatable bonds is 4. The van der Waals surface area contributed by atoms with Crippen LogP contribution in [-0.2, 0) is 4.74 Å². The summed E-state index contributed by atoms with van der Waals surface area (Å²) in [6.45, 7) is 1.17. The van der Waals surface area contributed by atoms with E-state index in [1.807, 2.05) is 24.3 Å². The van der Waals surface area contributed by atoms with E-state index < -0.39 is 0 Å². The lowest BCUT2D eigenvalue weighted by atomic mass is 10.2. The SMILES string of the molecule is COCCN=C(NN)c1ccc(Br)cc1. The van der Waals surface area contributed by atoms with Crippen molar-refractivity contribution in [1.82, 2.24) is 5.43 Å². The minimum absolute atomic E-state index is 0.585. The van der Waals surface area contributed by atoms with E-state index in [1.165, 1.54) is 0 Å². The second-order valence-electron chi connectivity index (χ2n) is 2.87. The Bertz CT molecular complexity index is 324. The van der Waals surface area contributed by atoms with Gasteiger partial charge >= 0.3 is 0 Å². The second-order valence-corrected chi connectivity index (χ2v) is 3.79. The van der Waals surface area contributed by atoms with Crippen LogP contribution in [0.1, 0.15) is 5.56 Å². The van der Waals surface area contributed by atoms with Crippen molar-refractivity contribution >= 4 is 21.8 Å². The van der Waals surface area contributed by atoms with Crippen LogP contribution < -0.4 is 11.3 Å². The van der Waals surface area contributed by atoms with E-state index in [-0.39, 0.29) is 0 Å². The maximum Gasteiger partial charge on any atom is 0.142 e. The molecule has 1 aromatic carbocycles. The van der Waals surface area contributed by atoms with Crippen molar-refractivity contribution in [3.8, 4) is 0 Å². The summed E-state index contributed by atoms with van der Waals surface area (Å²) in [6, 6.07) is 7.77. The Morgan fingerprint density at radius 1 is 1.47 bits per heavy atom. The summed E-state index contributed by atoms with van der Waals surface area (Å²) in [4.78, 5) is 4.27. The van der Waals surface area contributed by atoms with Crippen LogP contribution in [0, 0.1) is 0 Å². The molecule has 4 nitrogen and oxygen atoms in total. The number of hydrazine groups is 1. The van der Waals surface area contributed by atoms with Gasteiger partial charge in [0.05, 0.1) is 13.2 Å². The highest BCUT2D eigenvalue weighted by atomic mass is 79.9. The fourth-order valence-corrected chi connectivity index (χ4v) is 1.34. The molecule has 0 aromatic heterocycles. The average Bonchev–Trinajstić information content (AvgIpc) is 2.26. The molecular formula is C10H14BrN3O. The van der Waals surface area contributed by atoms with Crippen LogP contribution in [0.15, 0.2) is 33.7 Å². The number of nitrogens with two attached hydrogens (primary N) is 1. The molecule has 0 aliphatic heterocycles. The molecule has 0 unspecified atom stereocenters. The maximum absolute atomic E-state index is 5.39. The molecule has 0 bridgehead atoms. The Morgan fingerprint density at radius 3 is 2.67 bits per heavy atom. The van der Waals surface area contributed by atoms with Gasteiger partial charge in [-0.15, -0.1) is 0 Å². The lowest BCUT2D eigenvalue weighted by molar-refractivity contribution is 0.208. The minimum Gasteiger partial charge on any atom is -0.383 e. The van der Waals surface area contributed by atoms with Crippen LogP contribution in [0.3, 0.4) is 0 Å². The van der Waals surface area contributed by atoms with Crippen molar-refractivity contribution in [1.29, 1.82) is 0 Å². The molecule has 0 saturated heterocycles. The molecule has 3 N–H and O–H groups in total. The highest BCUT2D eigenvalue weighted by Crippen LogP contribution is 2.10. The number of nitrogens with zero attached hydrogens (tertiary/aromatic N) is 1.